The molecule has 0 aliphatic heterocycles. The van der Waals surface area contributed by atoms with Gasteiger partial charge >= 0.3 is 29.6 Å². The molecule has 13 heavy (non-hydrogen) atoms. The summed E-state index contributed by atoms with van der Waals surface area (Å²) in [7, 11) is -3.93. The summed E-state index contributed by atoms with van der Waals surface area (Å²) in [5.74, 6) is -0.537. The van der Waals surface area contributed by atoms with Crippen molar-refractivity contribution in [2.24, 2.45) is 0 Å². The van der Waals surface area contributed by atoms with Gasteiger partial charge < -0.3 is 0 Å². The zero-order valence-electron chi connectivity index (χ0n) is 6.91. The van der Waals surface area contributed by atoms with Gasteiger partial charge in [-0.1, -0.05) is 6.58 Å². The number of allylic oxidation sites excluding steroid dienone is 1. The van der Waals surface area contributed by atoms with E-state index in [2.05, 4.69) is 6.58 Å². The summed E-state index contributed by atoms with van der Waals surface area (Å²) in [5.41, 5.74) is 0.408. The van der Waals surface area contributed by atoms with Crippen LogP contribution in [0.15, 0.2) is 12.2 Å². The van der Waals surface area contributed by atoms with Crippen LogP contribution in [0.4, 0.5) is 0 Å². The minimum absolute atomic E-state index is 0. The molecule has 0 spiro atoms. The summed E-state index contributed by atoms with van der Waals surface area (Å²) < 4.78 is 28.7. The standard InChI is InChI=1S/C7H12O4S.Na.H/c1-6(2)7(8)4-3-5-12(9,10)11;;/h1,3-5H2,2H3,(H,9,10,11);;. The molecule has 1 N–H and O–H groups in total. The maximum atomic E-state index is 10.9. The molecule has 0 aliphatic carbocycles. The minimum atomic E-state index is -3.93. The van der Waals surface area contributed by atoms with Crippen molar-refractivity contribution < 1.29 is 17.8 Å². The predicted molar refractivity (Wildman–Crippen MR) is 52.6 cm³/mol. The van der Waals surface area contributed by atoms with Crippen molar-refractivity contribution in [1.82, 2.24) is 0 Å². The van der Waals surface area contributed by atoms with Gasteiger partial charge in [0, 0.05) is 6.42 Å². The molecule has 0 saturated carbocycles. The fourth-order valence-corrected chi connectivity index (χ4v) is 1.14. The Labute approximate surface area is 100 Å². The van der Waals surface area contributed by atoms with Gasteiger partial charge in [-0.05, 0) is 18.9 Å². The van der Waals surface area contributed by atoms with E-state index in [1.165, 1.54) is 0 Å². The van der Waals surface area contributed by atoms with E-state index in [4.69, 9.17) is 4.55 Å². The number of hydrogen-bond acceptors (Lipinski definition) is 3. The maximum absolute atomic E-state index is 10.9. The molecule has 6 heteroatoms. The van der Waals surface area contributed by atoms with Crippen molar-refractivity contribution in [3.05, 3.63) is 12.2 Å². The summed E-state index contributed by atoms with van der Waals surface area (Å²) in [6.07, 6.45) is 0.264. The Balaban J connectivity index is 0. The van der Waals surface area contributed by atoms with Gasteiger partial charge in [-0.3, -0.25) is 9.35 Å². The summed E-state index contributed by atoms with van der Waals surface area (Å²) in [6, 6.07) is 0. The van der Waals surface area contributed by atoms with Crippen LogP contribution in [-0.2, 0) is 14.9 Å². The van der Waals surface area contributed by atoms with Crippen LogP contribution in [0.5, 0.6) is 0 Å². The molecule has 0 unspecified atom stereocenters. The van der Waals surface area contributed by atoms with Gasteiger partial charge in [-0.15, -0.1) is 0 Å². The number of carbonyl (C=O) groups excluding carboxylic acids is 1. The first-order valence-corrected chi connectivity index (χ1v) is 5.07. The molecule has 0 rings (SSSR count). The van der Waals surface area contributed by atoms with Gasteiger partial charge in [0.25, 0.3) is 10.1 Å². The zero-order valence-corrected chi connectivity index (χ0v) is 7.73. The Morgan fingerprint density at radius 1 is 1.46 bits per heavy atom. The van der Waals surface area contributed by atoms with Crippen LogP contribution in [-0.4, -0.2) is 54.1 Å². The Hall–Kier alpha value is 0.320. The van der Waals surface area contributed by atoms with Crippen LogP contribution in [0.1, 0.15) is 19.8 Å². The van der Waals surface area contributed by atoms with Crippen LogP contribution in [0, 0.1) is 0 Å². The molecular formula is C7H13NaO4S. The van der Waals surface area contributed by atoms with E-state index in [0.29, 0.717) is 5.57 Å². The molecular weight excluding hydrogens is 203 g/mol. The third kappa shape index (κ3) is 10.2. The molecule has 0 bridgehead atoms. The Morgan fingerprint density at radius 2 is 1.92 bits per heavy atom. The van der Waals surface area contributed by atoms with E-state index in [0.717, 1.165) is 0 Å². The monoisotopic (exact) mass is 216 g/mol. The van der Waals surface area contributed by atoms with Crippen LogP contribution in [0.25, 0.3) is 0 Å². The van der Waals surface area contributed by atoms with Gasteiger partial charge in [-0.25, -0.2) is 0 Å². The first-order chi connectivity index (χ1) is 5.33. The second-order valence-corrected chi connectivity index (χ2v) is 4.17. The summed E-state index contributed by atoms with van der Waals surface area (Å²) >= 11 is 0. The number of carbonyl (C=O) groups is 1. The summed E-state index contributed by atoms with van der Waals surface area (Å²) in [6.45, 7) is 4.97. The van der Waals surface area contributed by atoms with E-state index >= 15 is 0 Å². The molecule has 0 amide bonds. The molecule has 0 fully saturated rings. The van der Waals surface area contributed by atoms with E-state index in [1.54, 1.807) is 6.92 Å². The van der Waals surface area contributed by atoms with Gasteiger partial charge in [0.05, 0.1) is 5.75 Å². The van der Waals surface area contributed by atoms with Gasteiger partial charge in [0.15, 0.2) is 5.78 Å². The molecule has 0 saturated heterocycles. The summed E-state index contributed by atoms with van der Waals surface area (Å²) in [5, 5.41) is 0. The first kappa shape index (κ1) is 15.8. The van der Waals surface area contributed by atoms with Gasteiger partial charge in [-0.2, -0.15) is 8.42 Å². The molecule has 0 heterocycles. The second-order valence-electron chi connectivity index (χ2n) is 2.59. The molecule has 0 radical (unpaired) electrons. The number of rotatable bonds is 5. The molecule has 0 aromatic carbocycles. The fraction of sp³-hybridized carbons (Fsp3) is 0.571. The van der Waals surface area contributed by atoms with Crippen molar-refractivity contribution in [2.75, 3.05) is 5.75 Å². The van der Waals surface area contributed by atoms with Crippen molar-refractivity contribution >= 4 is 45.5 Å². The van der Waals surface area contributed by atoms with Crippen molar-refractivity contribution in [3.63, 3.8) is 0 Å². The van der Waals surface area contributed by atoms with Crippen LogP contribution in [0.3, 0.4) is 0 Å². The predicted octanol–water partition coefficient (Wildman–Crippen LogP) is 0.151. The van der Waals surface area contributed by atoms with E-state index in [9.17, 15) is 13.2 Å². The Morgan fingerprint density at radius 3 is 2.23 bits per heavy atom. The molecule has 72 valence electrons. The molecule has 0 aliphatic rings. The average Bonchev–Trinajstić information content (AvgIpc) is 1.84. The van der Waals surface area contributed by atoms with Crippen molar-refractivity contribution in [1.29, 1.82) is 0 Å². The second kappa shape index (κ2) is 6.73. The van der Waals surface area contributed by atoms with E-state index in [-0.39, 0.29) is 53.9 Å². The van der Waals surface area contributed by atoms with Crippen LogP contribution < -0.4 is 0 Å². The molecule has 0 atom stereocenters. The number of hydrogen-bond donors (Lipinski definition) is 1. The third-order valence-corrected chi connectivity index (χ3v) is 2.09. The number of ketones is 1. The van der Waals surface area contributed by atoms with Crippen LogP contribution >= 0.6 is 0 Å². The average molecular weight is 216 g/mol. The Bertz CT molecular complexity index is 281. The normalized spacial score (nSPS) is 10.3. The van der Waals surface area contributed by atoms with Crippen LogP contribution in [0.2, 0.25) is 0 Å². The molecule has 0 aromatic rings. The third-order valence-electron chi connectivity index (χ3n) is 1.28. The fourth-order valence-electron chi connectivity index (χ4n) is 0.629. The summed E-state index contributed by atoms with van der Waals surface area (Å²) in [4.78, 5) is 10.9. The molecule has 0 aromatic heterocycles. The zero-order chi connectivity index (χ0) is 9.78. The quantitative estimate of drug-likeness (QED) is 0.403. The van der Waals surface area contributed by atoms with Crippen molar-refractivity contribution in [3.8, 4) is 0 Å². The first-order valence-electron chi connectivity index (χ1n) is 3.47. The van der Waals surface area contributed by atoms with E-state index in [1.807, 2.05) is 0 Å². The van der Waals surface area contributed by atoms with Gasteiger partial charge in [0.2, 0.25) is 0 Å². The topological polar surface area (TPSA) is 71.4 Å². The number of Topliss-reactive ketones (excluding diaryl/α,β-unsaturated/α-hetero) is 1. The SMILES string of the molecule is C=C(C)C(=O)CCCS(=O)(=O)O.[NaH]. The van der Waals surface area contributed by atoms with Crippen molar-refractivity contribution in [2.45, 2.75) is 19.8 Å². The molecule has 4 nitrogen and oxygen atoms in total. The van der Waals surface area contributed by atoms with Gasteiger partial charge in [0.1, 0.15) is 0 Å². The Kier molecular flexibility index (Phi) is 8.16. The van der Waals surface area contributed by atoms with E-state index < -0.39 is 10.1 Å².